The normalized spacial score (nSPS) is 16.0. The number of imidazole rings is 1. The molecule has 1 aliphatic rings. The summed E-state index contributed by atoms with van der Waals surface area (Å²) < 4.78 is 3.82. The second-order valence-corrected chi connectivity index (χ2v) is 8.31. The molecule has 0 amide bonds. The molecule has 4 rings (SSSR count). The van der Waals surface area contributed by atoms with E-state index >= 15 is 0 Å². The lowest BCUT2D eigenvalue weighted by Crippen LogP contribution is -2.41. The minimum Gasteiger partial charge on any atom is -0.480 e. The minimum atomic E-state index is -1.24. The van der Waals surface area contributed by atoms with Crippen molar-refractivity contribution < 1.29 is 9.90 Å². The Hall–Kier alpha value is -3.36. The number of anilines is 2. The smallest absolute Gasteiger partial charge is 0.333 e. The van der Waals surface area contributed by atoms with E-state index in [1.165, 1.54) is 17.2 Å². The second-order valence-electron chi connectivity index (χ2n) is 8.31. The molecule has 1 aliphatic heterocycles. The summed E-state index contributed by atoms with van der Waals surface area (Å²) in [6, 6.07) is 8.36. The number of rotatable bonds is 6. The van der Waals surface area contributed by atoms with Gasteiger partial charge in [-0.1, -0.05) is 32.4 Å². The number of carboxylic acid groups (broad SMARTS) is 1. The third kappa shape index (κ3) is 3.64. The summed E-state index contributed by atoms with van der Waals surface area (Å²) in [5.74, 6) is -0.418. The number of aliphatic carboxylic acids is 1. The molecule has 1 N–H and O–H groups in total. The van der Waals surface area contributed by atoms with Crippen molar-refractivity contribution in [3.63, 3.8) is 0 Å². The van der Waals surface area contributed by atoms with Gasteiger partial charge in [0.05, 0.1) is 0 Å². The number of unbranched alkanes of at least 4 members (excludes halogenated alkanes) is 1. The van der Waals surface area contributed by atoms with Crippen molar-refractivity contribution in [2.75, 3.05) is 11.4 Å². The molecule has 0 saturated heterocycles. The van der Waals surface area contributed by atoms with E-state index in [-0.39, 0.29) is 17.1 Å². The molecule has 0 bridgehead atoms. The van der Waals surface area contributed by atoms with Crippen LogP contribution in [0.25, 0.3) is 11.2 Å². The Morgan fingerprint density at radius 1 is 1.19 bits per heavy atom. The zero-order valence-corrected chi connectivity index (χ0v) is 18.0. The van der Waals surface area contributed by atoms with Crippen LogP contribution in [0, 0.1) is 5.92 Å². The molecule has 0 radical (unpaired) electrons. The quantitative estimate of drug-likeness (QED) is 0.649. The van der Waals surface area contributed by atoms with Crippen LogP contribution in [0.15, 0.2) is 33.9 Å². The summed E-state index contributed by atoms with van der Waals surface area (Å²) in [6.07, 6.45) is 3.33. The SMILES string of the molecule is CCCCc1ccc(N2C[C@H](C)Cn3c2nc2c3c(=O)n(CC(=O)O)c(=O)n2C)cc1. The first kappa shape index (κ1) is 20.9. The van der Waals surface area contributed by atoms with Crippen molar-refractivity contribution in [2.45, 2.75) is 46.2 Å². The lowest BCUT2D eigenvalue weighted by molar-refractivity contribution is -0.137. The van der Waals surface area contributed by atoms with Gasteiger partial charge in [-0.3, -0.25) is 14.2 Å². The van der Waals surface area contributed by atoms with Crippen LogP contribution in [0.5, 0.6) is 0 Å². The van der Waals surface area contributed by atoms with Crippen molar-refractivity contribution in [3.05, 3.63) is 50.7 Å². The Morgan fingerprint density at radius 3 is 2.55 bits per heavy atom. The third-order valence-corrected chi connectivity index (χ3v) is 5.80. The molecule has 164 valence electrons. The van der Waals surface area contributed by atoms with E-state index in [0.717, 1.165) is 36.1 Å². The minimum absolute atomic E-state index is 0.231. The summed E-state index contributed by atoms with van der Waals surface area (Å²) in [4.78, 5) is 43.6. The fourth-order valence-corrected chi connectivity index (χ4v) is 4.22. The molecular formula is C22H27N5O4. The highest BCUT2D eigenvalue weighted by atomic mass is 16.4. The van der Waals surface area contributed by atoms with Crippen molar-refractivity contribution in [1.82, 2.24) is 18.7 Å². The Balaban J connectivity index is 1.86. The van der Waals surface area contributed by atoms with E-state index in [1.54, 1.807) is 0 Å². The van der Waals surface area contributed by atoms with Gasteiger partial charge < -0.3 is 14.6 Å². The highest BCUT2D eigenvalue weighted by Gasteiger charge is 2.30. The summed E-state index contributed by atoms with van der Waals surface area (Å²) in [7, 11) is 1.51. The molecule has 9 heteroatoms. The molecule has 0 unspecified atom stereocenters. The first-order valence-corrected chi connectivity index (χ1v) is 10.6. The van der Waals surface area contributed by atoms with Crippen LogP contribution in [-0.4, -0.2) is 36.3 Å². The van der Waals surface area contributed by atoms with Crippen LogP contribution >= 0.6 is 0 Å². The zero-order valence-electron chi connectivity index (χ0n) is 18.0. The molecule has 0 saturated carbocycles. The maximum Gasteiger partial charge on any atom is 0.333 e. The number of aryl methyl sites for hydroxylation is 2. The van der Waals surface area contributed by atoms with Gasteiger partial charge in [0.15, 0.2) is 11.2 Å². The average Bonchev–Trinajstić information content (AvgIpc) is 3.13. The largest absolute Gasteiger partial charge is 0.480 e. The molecule has 31 heavy (non-hydrogen) atoms. The van der Waals surface area contributed by atoms with E-state index in [9.17, 15) is 14.4 Å². The predicted molar refractivity (Wildman–Crippen MR) is 118 cm³/mol. The van der Waals surface area contributed by atoms with Crippen molar-refractivity contribution >= 4 is 28.8 Å². The van der Waals surface area contributed by atoms with Crippen molar-refractivity contribution in [2.24, 2.45) is 13.0 Å². The molecule has 2 aromatic heterocycles. The van der Waals surface area contributed by atoms with Crippen molar-refractivity contribution in [3.8, 4) is 0 Å². The van der Waals surface area contributed by atoms with Gasteiger partial charge in [-0.05, 0) is 36.5 Å². The Labute approximate surface area is 179 Å². The fourth-order valence-electron chi connectivity index (χ4n) is 4.22. The second kappa shape index (κ2) is 8.05. The predicted octanol–water partition coefficient (Wildman–Crippen LogP) is 2.11. The number of aromatic nitrogens is 4. The first-order valence-electron chi connectivity index (χ1n) is 10.6. The maximum absolute atomic E-state index is 13.1. The van der Waals surface area contributed by atoms with Gasteiger partial charge in [0.2, 0.25) is 5.95 Å². The molecule has 0 spiro atoms. The van der Waals surface area contributed by atoms with Gasteiger partial charge >= 0.3 is 11.7 Å². The van der Waals surface area contributed by atoms with Crippen LogP contribution in [0.1, 0.15) is 32.3 Å². The standard InChI is InChI=1S/C22H27N5O4/c1-4-5-6-15-7-9-16(10-8-15)25-11-14(2)12-26-18-19(23-21(25)26)24(3)22(31)27(20(18)30)13-17(28)29/h7-10,14H,4-6,11-13H2,1-3H3,(H,28,29)/t14-/m0/s1. The Morgan fingerprint density at radius 2 is 1.90 bits per heavy atom. The average molecular weight is 425 g/mol. The summed E-state index contributed by atoms with van der Waals surface area (Å²) >= 11 is 0. The van der Waals surface area contributed by atoms with Gasteiger partial charge in [0.25, 0.3) is 5.56 Å². The summed E-state index contributed by atoms with van der Waals surface area (Å²) in [6.45, 7) is 4.88. The lowest BCUT2D eigenvalue weighted by atomic mass is 10.1. The Kier molecular flexibility index (Phi) is 5.43. The molecule has 3 aromatic rings. The lowest BCUT2D eigenvalue weighted by Gasteiger charge is -2.33. The third-order valence-electron chi connectivity index (χ3n) is 5.80. The topological polar surface area (TPSA) is 102 Å². The number of hydrogen-bond donors (Lipinski definition) is 1. The highest BCUT2D eigenvalue weighted by Crippen LogP contribution is 2.33. The van der Waals surface area contributed by atoms with Crippen LogP contribution in [0.3, 0.4) is 0 Å². The Bertz CT molecular complexity index is 1250. The van der Waals surface area contributed by atoms with Gasteiger partial charge in [0.1, 0.15) is 6.54 Å². The number of fused-ring (bicyclic) bond motifs is 3. The summed E-state index contributed by atoms with van der Waals surface area (Å²) in [5.41, 5.74) is 1.47. The molecule has 1 aromatic carbocycles. The fraction of sp³-hybridized carbons (Fsp3) is 0.455. The molecule has 9 nitrogen and oxygen atoms in total. The van der Waals surface area contributed by atoms with Gasteiger partial charge in [-0.25, -0.2) is 9.36 Å². The van der Waals surface area contributed by atoms with Crippen LogP contribution in [-0.2, 0) is 31.4 Å². The number of nitrogens with zero attached hydrogens (tertiary/aromatic N) is 5. The van der Waals surface area contributed by atoms with Crippen LogP contribution < -0.4 is 16.1 Å². The number of carboxylic acids is 1. The van der Waals surface area contributed by atoms with Crippen molar-refractivity contribution in [1.29, 1.82) is 0 Å². The maximum atomic E-state index is 13.1. The highest BCUT2D eigenvalue weighted by molar-refractivity contribution is 5.77. The number of carbonyl (C=O) groups is 1. The molecule has 1 atom stereocenters. The molecule has 0 aliphatic carbocycles. The van der Waals surface area contributed by atoms with Gasteiger partial charge in [-0.2, -0.15) is 4.98 Å². The number of benzene rings is 1. The van der Waals surface area contributed by atoms with Gasteiger partial charge in [-0.15, -0.1) is 0 Å². The van der Waals surface area contributed by atoms with Crippen LogP contribution in [0.4, 0.5) is 11.6 Å². The van der Waals surface area contributed by atoms with E-state index < -0.39 is 23.8 Å². The van der Waals surface area contributed by atoms with E-state index in [4.69, 9.17) is 5.11 Å². The molecule has 0 fully saturated rings. The number of hydrogen-bond acceptors (Lipinski definition) is 5. The monoisotopic (exact) mass is 425 g/mol. The van der Waals surface area contributed by atoms with Gasteiger partial charge in [0, 0.05) is 25.8 Å². The summed E-state index contributed by atoms with van der Waals surface area (Å²) in [5, 5.41) is 9.14. The molecule has 3 heterocycles. The van der Waals surface area contributed by atoms with E-state index in [2.05, 4.69) is 48.0 Å². The first-order chi connectivity index (χ1) is 14.8. The molecular weight excluding hydrogens is 398 g/mol. The van der Waals surface area contributed by atoms with Crippen LogP contribution in [0.2, 0.25) is 0 Å². The van der Waals surface area contributed by atoms with E-state index in [1.807, 2.05) is 4.57 Å². The van der Waals surface area contributed by atoms with E-state index in [0.29, 0.717) is 12.5 Å². The zero-order chi connectivity index (χ0) is 22.3.